The Kier molecular flexibility index (Phi) is 11.1. The number of esters is 1. The Bertz CT molecular complexity index is 1710. The number of alkyl carbamates (subject to hydrolysis) is 1. The van der Waals surface area contributed by atoms with Gasteiger partial charge in [-0.15, -0.1) is 0 Å². The van der Waals surface area contributed by atoms with E-state index in [4.69, 9.17) is 14.2 Å². The van der Waals surface area contributed by atoms with Crippen LogP contribution in [0.2, 0.25) is 0 Å². The van der Waals surface area contributed by atoms with Gasteiger partial charge in [-0.2, -0.15) is 0 Å². The fourth-order valence-corrected chi connectivity index (χ4v) is 5.29. The summed E-state index contributed by atoms with van der Waals surface area (Å²) in [5, 5.41) is 2.85. The third-order valence-corrected chi connectivity index (χ3v) is 7.98. The highest BCUT2D eigenvalue weighted by molar-refractivity contribution is 5.92. The fraction of sp³-hybridized carbons (Fsp3) is 0.351. The fourth-order valence-electron chi connectivity index (χ4n) is 5.29. The second-order valence-corrected chi connectivity index (χ2v) is 12.5. The number of amides is 2. The number of carbonyl (C=O) groups excluding carboxylic acids is 3. The van der Waals surface area contributed by atoms with E-state index in [0.717, 1.165) is 27.9 Å². The van der Waals surface area contributed by atoms with Crippen LogP contribution in [0.5, 0.6) is 5.75 Å². The molecular formula is C37H44N4O6. The Balaban J connectivity index is 1.78. The van der Waals surface area contributed by atoms with E-state index in [-0.39, 0.29) is 24.4 Å². The molecule has 248 valence electrons. The van der Waals surface area contributed by atoms with E-state index in [1.807, 2.05) is 69.3 Å². The zero-order chi connectivity index (χ0) is 34.3. The van der Waals surface area contributed by atoms with Crippen molar-refractivity contribution in [3.05, 3.63) is 107 Å². The summed E-state index contributed by atoms with van der Waals surface area (Å²) in [6, 6.07) is 19.2. The molecule has 0 saturated heterocycles. The third kappa shape index (κ3) is 8.78. The first kappa shape index (κ1) is 34.7. The van der Waals surface area contributed by atoms with Crippen molar-refractivity contribution in [1.29, 1.82) is 0 Å². The Morgan fingerprint density at radius 2 is 1.70 bits per heavy atom. The molecule has 47 heavy (non-hydrogen) atoms. The van der Waals surface area contributed by atoms with Crippen molar-refractivity contribution < 1.29 is 28.6 Å². The molecule has 0 unspecified atom stereocenters. The van der Waals surface area contributed by atoms with Gasteiger partial charge in [0.15, 0.2) is 0 Å². The number of nitrogens with one attached hydrogen (secondary N) is 2. The van der Waals surface area contributed by atoms with Gasteiger partial charge in [0.1, 0.15) is 28.8 Å². The third-order valence-electron chi connectivity index (χ3n) is 7.98. The van der Waals surface area contributed by atoms with Gasteiger partial charge < -0.3 is 29.4 Å². The molecule has 10 heteroatoms. The van der Waals surface area contributed by atoms with Crippen molar-refractivity contribution in [2.75, 3.05) is 14.2 Å². The lowest BCUT2D eigenvalue weighted by molar-refractivity contribution is -0.136. The number of H-pyrrole nitrogens is 1. The summed E-state index contributed by atoms with van der Waals surface area (Å²) in [4.78, 5) is 50.1. The molecule has 1 heterocycles. The minimum Gasteiger partial charge on any atom is -0.496 e. The lowest BCUT2D eigenvalue weighted by Crippen LogP contribution is -2.51. The number of ether oxygens (including phenoxy) is 3. The summed E-state index contributed by atoms with van der Waals surface area (Å²) in [6.07, 6.45) is 1.27. The minimum atomic E-state index is -0.977. The molecule has 4 rings (SSSR count). The molecule has 0 fully saturated rings. The molecule has 0 aliphatic rings. The maximum Gasteiger partial charge on any atom is 0.408 e. The molecule has 0 aliphatic carbocycles. The SMILES string of the molecule is COC(=O)c1cc(CN(C(=O)[C@H](Cc2cccc(C)c2C)NC(=O)OC(C)(C)C)[C@@H](C)c2ncc(-c3ccccc3)[nH]2)ccc1OC. The topological polar surface area (TPSA) is 123 Å². The van der Waals surface area contributed by atoms with E-state index in [1.54, 1.807) is 50.1 Å². The lowest BCUT2D eigenvalue weighted by Gasteiger charge is -2.33. The number of imidazole rings is 1. The van der Waals surface area contributed by atoms with Gasteiger partial charge in [-0.05, 0) is 81.5 Å². The van der Waals surface area contributed by atoms with Crippen molar-refractivity contribution >= 4 is 18.0 Å². The number of aryl methyl sites for hydroxylation is 1. The van der Waals surface area contributed by atoms with Crippen molar-refractivity contribution in [3.8, 4) is 17.0 Å². The highest BCUT2D eigenvalue weighted by Gasteiger charge is 2.33. The minimum absolute atomic E-state index is 0.0919. The van der Waals surface area contributed by atoms with Crippen molar-refractivity contribution in [3.63, 3.8) is 0 Å². The number of aromatic amines is 1. The van der Waals surface area contributed by atoms with Crippen molar-refractivity contribution in [2.45, 2.75) is 72.2 Å². The zero-order valence-electron chi connectivity index (χ0n) is 28.3. The van der Waals surface area contributed by atoms with Crippen LogP contribution in [0.15, 0.2) is 72.9 Å². The Morgan fingerprint density at radius 1 is 0.979 bits per heavy atom. The first-order valence-electron chi connectivity index (χ1n) is 15.5. The molecule has 3 aromatic carbocycles. The number of hydrogen-bond donors (Lipinski definition) is 2. The average molecular weight is 641 g/mol. The summed E-state index contributed by atoms with van der Waals surface area (Å²) in [7, 11) is 2.77. The van der Waals surface area contributed by atoms with Gasteiger partial charge in [0.2, 0.25) is 5.91 Å². The maximum atomic E-state index is 14.7. The number of nitrogens with zero attached hydrogens (tertiary/aromatic N) is 2. The molecule has 1 aromatic heterocycles. The number of hydrogen-bond acceptors (Lipinski definition) is 7. The summed E-state index contributed by atoms with van der Waals surface area (Å²) >= 11 is 0. The van der Waals surface area contributed by atoms with Crippen LogP contribution in [0.4, 0.5) is 4.79 Å². The monoisotopic (exact) mass is 640 g/mol. The highest BCUT2D eigenvalue weighted by Crippen LogP contribution is 2.28. The first-order valence-corrected chi connectivity index (χ1v) is 15.5. The van der Waals surface area contributed by atoms with E-state index >= 15 is 0 Å². The van der Waals surface area contributed by atoms with Crippen LogP contribution in [0, 0.1) is 13.8 Å². The van der Waals surface area contributed by atoms with E-state index in [9.17, 15) is 14.4 Å². The summed E-state index contributed by atoms with van der Waals surface area (Å²) in [5.41, 5.74) is 4.92. The average Bonchev–Trinajstić information content (AvgIpc) is 3.54. The van der Waals surface area contributed by atoms with Gasteiger partial charge in [-0.25, -0.2) is 14.6 Å². The molecule has 0 radical (unpaired) electrons. The summed E-state index contributed by atoms with van der Waals surface area (Å²) < 4.78 is 16.0. The van der Waals surface area contributed by atoms with E-state index in [2.05, 4.69) is 15.3 Å². The van der Waals surface area contributed by atoms with Crippen LogP contribution in [-0.4, -0.2) is 58.7 Å². The van der Waals surface area contributed by atoms with Crippen LogP contribution in [-0.2, 0) is 27.2 Å². The number of methoxy groups -OCH3 is 2. The van der Waals surface area contributed by atoms with Gasteiger partial charge in [-0.1, -0.05) is 54.6 Å². The van der Waals surface area contributed by atoms with Gasteiger partial charge in [0.05, 0.1) is 32.2 Å². The normalized spacial score (nSPS) is 12.5. The van der Waals surface area contributed by atoms with Crippen LogP contribution in [0.3, 0.4) is 0 Å². The van der Waals surface area contributed by atoms with Crippen LogP contribution >= 0.6 is 0 Å². The highest BCUT2D eigenvalue weighted by atomic mass is 16.6. The quantitative estimate of drug-likeness (QED) is 0.175. The smallest absolute Gasteiger partial charge is 0.408 e. The van der Waals surface area contributed by atoms with Gasteiger partial charge in [-0.3, -0.25) is 4.79 Å². The standard InChI is InChI=1S/C37H44N4O6/c1-23-13-12-16-28(24(23)2)20-30(40-36(44)47-37(4,5)6)34(42)41(22-26-17-18-32(45-7)29(19-26)35(43)46-8)25(3)33-38-21-31(39-33)27-14-10-9-11-15-27/h9-19,21,25,30H,20,22H2,1-8H3,(H,38,39)(H,40,44)/t25-,30-/m0/s1. The predicted octanol–water partition coefficient (Wildman–Crippen LogP) is 6.71. The van der Waals surface area contributed by atoms with Crippen molar-refractivity contribution in [2.24, 2.45) is 0 Å². The second kappa shape index (κ2) is 15.0. The Morgan fingerprint density at radius 3 is 2.36 bits per heavy atom. The van der Waals surface area contributed by atoms with Crippen LogP contribution < -0.4 is 10.1 Å². The lowest BCUT2D eigenvalue weighted by atomic mass is 9.96. The van der Waals surface area contributed by atoms with Gasteiger partial charge in [0.25, 0.3) is 0 Å². The molecule has 4 aromatic rings. The first-order chi connectivity index (χ1) is 22.3. The molecule has 2 N–H and O–H groups in total. The molecule has 2 atom stereocenters. The van der Waals surface area contributed by atoms with E-state index in [0.29, 0.717) is 17.1 Å². The maximum absolute atomic E-state index is 14.7. The molecule has 0 saturated carbocycles. The number of benzene rings is 3. The summed E-state index contributed by atoms with van der Waals surface area (Å²) in [6.45, 7) is 11.3. The summed E-state index contributed by atoms with van der Waals surface area (Å²) in [5.74, 6) is -0.00368. The molecule has 0 aliphatic heterocycles. The largest absolute Gasteiger partial charge is 0.496 e. The molecule has 0 bridgehead atoms. The predicted molar refractivity (Wildman–Crippen MR) is 180 cm³/mol. The van der Waals surface area contributed by atoms with Gasteiger partial charge in [0, 0.05) is 13.0 Å². The molecular weight excluding hydrogens is 596 g/mol. The van der Waals surface area contributed by atoms with E-state index < -0.39 is 29.7 Å². The number of aromatic nitrogens is 2. The Hall–Kier alpha value is -5.12. The van der Waals surface area contributed by atoms with E-state index in [1.165, 1.54) is 14.2 Å². The molecule has 10 nitrogen and oxygen atoms in total. The second-order valence-electron chi connectivity index (χ2n) is 12.5. The molecule has 2 amide bonds. The van der Waals surface area contributed by atoms with Crippen molar-refractivity contribution in [1.82, 2.24) is 20.2 Å². The zero-order valence-corrected chi connectivity index (χ0v) is 28.3. The molecule has 0 spiro atoms. The Labute approximate surface area is 276 Å². The number of rotatable bonds is 11. The number of carbonyl (C=O) groups is 3. The van der Waals surface area contributed by atoms with Crippen LogP contribution in [0.25, 0.3) is 11.3 Å². The van der Waals surface area contributed by atoms with Gasteiger partial charge >= 0.3 is 12.1 Å². The van der Waals surface area contributed by atoms with Crippen LogP contribution in [0.1, 0.15) is 72.2 Å².